The Morgan fingerprint density at radius 1 is 0.718 bits per heavy atom. The summed E-state index contributed by atoms with van der Waals surface area (Å²) in [5.41, 5.74) is 3.06. The molecular formula is C34H59N3OSi. The molecule has 2 atom stereocenters. The molecule has 2 unspecified atom stereocenters. The minimum absolute atomic E-state index is 0.354. The Kier molecular flexibility index (Phi) is 19.1. The maximum atomic E-state index is 5.76. The zero-order valence-electron chi connectivity index (χ0n) is 25.9. The maximum absolute atomic E-state index is 5.76. The molecule has 0 spiro atoms. The molecule has 0 radical (unpaired) electrons. The molecule has 0 aliphatic rings. The zero-order chi connectivity index (χ0) is 28.0. The standard InChI is InChI=1S/C34H59N3OSi/c1-5-7-9-12-24-38-25-13-11-21-31-27-37-32(28-36-31)34-33(22-15-23-35-34)39-26-16-20-30(4)19-14-18-29(3)17-10-8-6-2/h15,22-23,27-30H,5-14,16-21,24-26,39H2,1-4H3. The molecule has 0 saturated carbocycles. The Morgan fingerprint density at radius 2 is 1.41 bits per heavy atom. The third-order valence-electron chi connectivity index (χ3n) is 8.04. The number of aromatic nitrogens is 3. The Balaban J connectivity index is 1.65. The van der Waals surface area contributed by atoms with Crippen LogP contribution in [-0.2, 0) is 11.2 Å². The van der Waals surface area contributed by atoms with Crippen molar-refractivity contribution < 1.29 is 4.74 Å². The fourth-order valence-electron chi connectivity index (χ4n) is 5.37. The lowest BCUT2D eigenvalue weighted by Gasteiger charge is -2.14. The fraction of sp³-hybridized carbons (Fsp3) is 0.735. The van der Waals surface area contributed by atoms with Crippen molar-refractivity contribution in [1.82, 2.24) is 15.0 Å². The lowest BCUT2D eigenvalue weighted by atomic mass is 9.93. The largest absolute Gasteiger partial charge is 0.381 e. The summed E-state index contributed by atoms with van der Waals surface area (Å²) in [6, 6.07) is 5.71. The van der Waals surface area contributed by atoms with Gasteiger partial charge in [-0.15, -0.1) is 0 Å². The highest BCUT2D eigenvalue weighted by atomic mass is 28.2. The van der Waals surface area contributed by atoms with Gasteiger partial charge in [0.25, 0.3) is 0 Å². The van der Waals surface area contributed by atoms with E-state index < -0.39 is 0 Å². The number of rotatable bonds is 24. The molecule has 0 aliphatic heterocycles. The van der Waals surface area contributed by atoms with E-state index in [1.807, 2.05) is 18.6 Å². The molecule has 2 heterocycles. The van der Waals surface area contributed by atoms with E-state index in [9.17, 15) is 0 Å². The smallest absolute Gasteiger partial charge is 0.107 e. The topological polar surface area (TPSA) is 47.9 Å². The lowest BCUT2D eigenvalue weighted by Crippen LogP contribution is -2.18. The molecule has 2 rings (SSSR count). The van der Waals surface area contributed by atoms with Crippen molar-refractivity contribution in [1.29, 1.82) is 0 Å². The monoisotopic (exact) mass is 553 g/mol. The van der Waals surface area contributed by atoms with Gasteiger partial charge in [0, 0.05) is 25.6 Å². The van der Waals surface area contributed by atoms with E-state index in [-0.39, 0.29) is 9.52 Å². The molecule has 5 heteroatoms. The molecule has 0 aliphatic carbocycles. The van der Waals surface area contributed by atoms with E-state index in [4.69, 9.17) is 19.7 Å². The second-order valence-electron chi connectivity index (χ2n) is 11.9. The fourth-order valence-corrected chi connectivity index (χ4v) is 7.11. The van der Waals surface area contributed by atoms with Crippen molar-refractivity contribution in [3.05, 3.63) is 36.4 Å². The highest BCUT2D eigenvalue weighted by molar-refractivity contribution is 6.55. The molecule has 39 heavy (non-hydrogen) atoms. The van der Waals surface area contributed by atoms with Gasteiger partial charge >= 0.3 is 0 Å². The molecule has 0 saturated heterocycles. The first-order chi connectivity index (χ1) is 19.1. The summed E-state index contributed by atoms with van der Waals surface area (Å²) in [6.45, 7) is 11.2. The van der Waals surface area contributed by atoms with Crippen molar-refractivity contribution in [3.8, 4) is 11.4 Å². The molecule has 0 bridgehead atoms. The van der Waals surface area contributed by atoms with Crippen LogP contribution in [0, 0.1) is 11.8 Å². The normalized spacial score (nSPS) is 13.3. The van der Waals surface area contributed by atoms with E-state index in [1.54, 1.807) is 0 Å². The molecule has 0 amide bonds. The maximum Gasteiger partial charge on any atom is 0.107 e. The molecule has 0 fully saturated rings. The number of ether oxygens (including phenoxy) is 1. The van der Waals surface area contributed by atoms with Gasteiger partial charge in [-0.3, -0.25) is 15.0 Å². The van der Waals surface area contributed by atoms with E-state index in [0.29, 0.717) is 0 Å². The number of nitrogens with zero attached hydrogens (tertiary/aromatic N) is 3. The van der Waals surface area contributed by atoms with Crippen LogP contribution in [0.3, 0.4) is 0 Å². The minimum atomic E-state index is -0.354. The Morgan fingerprint density at radius 3 is 2.13 bits per heavy atom. The van der Waals surface area contributed by atoms with Crippen LogP contribution in [0.2, 0.25) is 6.04 Å². The Bertz CT molecular complexity index is 845. The first kappa shape index (κ1) is 33.6. The first-order valence-electron chi connectivity index (χ1n) is 16.5. The summed E-state index contributed by atoms with van der Waals surface area (Å²) in [7, 11) is -0.354. The van der Waals surface area contributed by atoms with Gasteiger partial charge in [-0.05, 0) is 48.8 Å². The quantitative estimate of drug-likeness (QED) is 0.0966. The second kappa shape index (κ2) is 22.1. The van der Waals surface area contributed by atoms with Crippen molar-refractivity contribution in [2.45, 2.75) is 136 Å². The number of unbranched alkanes of at least 4 members (excludes halogenated alkanes) is 6. The molecule has 2 aromatic heterocycles. The molecular weight excluding hydrogens is 494 g/mol. The van der Waals surface area contributed by atoms with E-state index in [0.717, 1.165) is 61.4 Å². The first-order valence-corrected chi connectivity index (χ1v) is 18.2. The van der Waals surface area contributed by atoms with Crippen LogP contribution in [0.1, 0.15) is 130 Å². The van der Waals surface area contributed by atoms with Crippen LogP contribution in [0.15, 0.2) is 30.7 Å². The number of hydrogen-bond donors (Lipinski definition) is 0. The summed E-state index contributed by atoms with van der Waals surface area (Å²) in [6.07, 6.45) is 26.5. The second-order valence-corrected chi connectivity index (χ2v) is 13.9. The van der Waals surface area contributed by atoms with Gasteiger partial charge in [0.15, 0.2) is 0 Å². The Labute approximate surface area is 243 Å². The molecule has 2 aromatic rings. The van der Waals surface area contributed by atoms with Crippen LogP contribution < -0.4 is 5.19 Å². The third kappa shape index (κ3) is 15.7. The molecule has 4 nitrogen and oxygen atoms in total. The van der Waals surface area contributed by atoms with Crippen molar-refractivity contribution in [2.75, 3.05) is 13.2 Å². The van der Waals surface area contributed by atoms with Gasteiger partial charge in [0.05, 0.1) is 27.1 Å². The summed E-state index contributed by atoms with van der Waals surface area (Å²) in [4.78, 5) is 14.2. The summed E-state index contributed by atoms with van der Waals surface area (Å²) < 4.78 is 5.76. The highest BCUT2D eigenvalue weighted by Gasteiger charge is 2.10. The summed E-state index contributed by atoms with van der Waals surface area (Å²) in [5, 5.41) is 1.43. The minimum Gasteiger partial charge on any atom is -0.381 e. The van der Waals surface area contributed by atoms with Gasteiger partial charge in [-0.25, -0.2) is 0 Å². The van der Waals surface area contributed by atoms with Crippen LogP contribution in [-0.4, -0.2) is 37.7 Å². The van der Waals surface area contributed by atoms with Crippen LogP contribution in [0.5, 0.6) is 0 Å². The van der Waals surface area contributed by atoms with Crippen molar-refractivity contribution >= 4 is 14.7 Å². The van der Waals surface area contributed by atoms with Gasteiger partial charge in [0.2, 0.25) is 0 Å². The predicted octanol–water partition coefficient (Wildman–Crippen LogP) is 8.47. The Hall–Kier alpha value is -1.59. The van der Waals surface area contributed by atoms with Crippen LogP contribution in [0.25, 0.3) is 11.4 Å². The van der Waals surface area contributed by atoms with E-state index in [2.05, 4.69) is 39.8 Å². The average molecular weight is 554 g/mol. The van der Waals surface area contributed by atoms with Gasteiger partial charge in [0.1, 0.15) is 5.69 Å². The van der Waals surface area contributed by atoms with Gasteiger partial charge in [-0.1, -0.05) is 117 Å². The SMILES string of the molecule is CCCCCCOCCCCc1cnc(-c2ncccc2[SiH2]CCCC(C)CCCC(C)CCCCC)cn1. The molecule has 0 N–H and O–H groups in total. The highest BCUT2D eigenvalue weighted by Crippen LogP contribution is 2.21. The average Bonchev–Trinajstić information content (AvgIpc) is 2.95. The van der Waals surface area contributed by atoms with E-state index >= 15 is 0 Å². The van der Waals surface area contributed by atoms with Crippen molar-refractivity contribution in [3.63, 3.8) is 0 Å². The van der Waals surface area contributed by atoms with E-state index in [1.165, 1.54) is 94.7 Å². The number of hydrogen-bond acceptors (Lipinski definition) is 4. The van der Waals surface area contributed by atoms with Crippen LogP contribution in [0.4, 0.5) is 0 Å². The number of aryl methyl sites for hydroxylation is 1. The summed E-state index contributed by atoms with van der Waals surface area (Å²) in [5.74, 6) is 1.76. The molecule has 220 valence electrons. The summed E-state index contributed by atoms with van der Waals surface area (Å²) >= 11 is 0. The third-order valence-corrected chi connectivity index (χ3v) is 10.0. The van der Waals surface area contributed by atoms with Gasteiger partial charge in [-0.2, -0.15) is 0 Å². The predicted molar refractivity (Wildman–Crippen MR) is 172 cm³/mol. The van der Waals surface area contributed by atoms with Gasteiger partial charge < -0.3 is 4.74 Å². The number of pyridine rings is 1. The van der Waals surface area contributed by atoms with Crippen LogP contribution >= 0.6 is 0 Å². The van der Waals surface area contributed by atoms with Crippen molar-refractivity contribution in [2.24, 2.45) is 11.8 Å². The lowest BCUT2D eigenvalue weighted by molar-refractivity contribution is 0.126. The molecule has 0 aromatic carbocycles. The zero-order valence-corrected chi connectivity index (χ0v) is 27.3.